The molecular formula is C9H19N. The highest BCUT2D eigenvalue weighted by Gasteiger charge is 2.07. The molecule has 0 spiro atoms. The van der Waals surface area contributed by atoms with Gasteiger partial charge in [-0.15, -0.1) is 0 Å². The van der Waals surface area contributed by atoms with Crippen LogP contribution in [0, 0.1) is 5.92 Å². The molecule has 0 aliphatic rings. The third-order valence-electron chi connectivity index (χ3n) is 2.11. The van der Waals surface area contributed by atoms with Crippen molar-refractivity contribution in [3.05, 3.63) is 0 Å². The van der Waals surface area contributed by atoms with Crippen LogP contribution in [0.5, 0.6) is 0 Å². The zero-order chi connectivity index (χ0) is 7.98. The van der Waals surface area contributed by atoms with Crippen LogP contribution in [0.4, 0.5) is 0 Å². The van der Waals surface area contributed by atoms with Crippen molar-refractivity contribution in [2.45, 2.75) is 40.0 Å². The van der Waals surface area contributed by atoms with Crippen LogP contribution in [0.1, 0.15) is 40.0 Å². The van der Waals surface area contributed by atoms with Crippen molar-refractivity contribution in [2.24, 2.45) is 10.9 Å². The quantitative estimate of drug-likeness (QED) is 0.534. The number of hydrogen-bond donors (Lipinski definition) is 0. The van der Waals surface area contributed by atoms with Gasteiger partial charge in [0.15, 0.2) is 0 Å². The Labute approximate surface area is 64.6 Å². The van der Waals surface area contributed by atoms with Crippen LogP contribution in [-0.2, 0) is 0 Å². The maximum Gasteiger partial charge on any atom is 0.0276 e. The van der Waals surface area contributed by atoms with Crippen LogP contribution in [0.3, 0.4) is 0 Å². The number of nitrogens with zero attached hydrogens (tertiary/aromatic N) is 1. The molecule has 0 radical (unpaired) electrons. The van der Waals surface area contributed by atoms with Crippen LogP contribution in [0.25, 0.3) is 0 Å². The van der Waals surface area contributed by atoms with Gasteiger partial charge in [0.25, 0.3) is 0 Å². The Morgan fingerprint density at radius 1 is 1.20 bits per heavy atom. The van der Waals surface area contributed by atoms with E-state index in [-0.39, 0.29) is 0 Å². The summed E-state index contributed by atoms with van der Waals surface area (Å²) in [5.41, 5.74) is 1.38. The van der Waals surface area contributed by atoms with Gasteiger partial charge >= 0.3 is 0 Å². The van der Waals surface area contributed by atoms with Crippen LogP contribution >= 0.6 is 0 Å². The minimum absolute atomic E-state index is 0.731. The molecule has 0 aromatic heterocycles. The van der Waals surface area contributed by atoms with Gasteiger partial charge in [-0.25, -0.2) is 0 Å². The molecular weight excluding hydrogens is 122 g/mol. The third-order valence-corrected chi connectivity index (χ3v) is 2.11. The molecule has 1 nitrogen and oxygen atoms in total. The minimum atomic E-state index is 0.731. The third kappa shape index (κ3) is 2.51. The molecule has 0 aromatic rings. The second-order valence-electron chi connectivity index (χ2n) is 2.58. The van der Waals surface area contributed by atoms with E-state index in [9.17, 15) is 0 Å². The summed E-state index contributed by atoms with van der Waals surface area (Å²) in [5, 5.41) is 0. The Balaban J connectivity index is 3.97. The molecule has 0 atom stereocenters. The molecule has 0 saturated carbocycles. The number of hydrogen-bond acceptors (Lipinski definition) is 1. The van der Waals surface area contributed by atoms with Crippen molar-refractivity contribution >= 4 is 5.71 Å². The Hall–Kier alpha value is -0.330. The van der Waals surface area contributed by atoms with Gasteiger partial charge in [0.1, 0.15) is 0 Å². The van der Waals surface area contributed by atoms with Crippen molar-refractivity contribution in [2.75, 3.05) is 7.05 Å². The van der Waals surface area contributed by atoms with Gasteiger partial charge in [-0.2, -0.15) is 0 Å². The first-order chi connectivity index (χ1) is 4.79. The fourth-order valence-electron chi connectivity index (χ4n) is 1.39. The van der Waals surface area contributed by atoms with Crippen molar-refractivity contribution in [1.82, 2.24) is 0 Å². The van der Waals surface area contributed by atoms with E-state index in [0.29, 0.717) is 0 Å². The molecule has 0 bridgehead atoms. The van der Waals surface area contributed by atoms with Gasteiger partial charge in [0.2, 0.25) is 0 Å². The molecule has 0 fully saturated rings. The molecule has 0 amide bonds. The zero-order valence-corrected chi connectivity index (χ0v) is 7.65. The summed E-state index contributed by atoms with van der Waals surface area (Å²) < 4.78 is 0. The highest BCUT2D eigenvalue weighted by atomic mass is 14.7. The molecule has 0 unspecified atom stereocenters. The van der Waals surface area contributed by atoms with Gasteiger partial charge in [-0.05, 0) is 25.2 Å². The SMILES string of the molecule is CCC(=NC)C(CC)CC. The zero-order valence-electron chi connectivity index (χ0n) is 7.65. The second-order valence-corrected chi connectivity index (χ2v) is 2.58. The second kappa shape index (κ2) is 5.45. The molecule has 0 rings (SSSR count). The Kier molecular flexibility index (Phi) is 5.27. The van der Waals surface area contributed by atoms with Gasteiger partial charge in [-0.1, -0.05) is 20.8 Å². The first-order valence-electron chi connectivity index (χ1n) is 4.25. The van der Waals surface area contributed by atoms with Gasteiger partial charge in [-0.3, -0.25) is 4.99 Å². The molecule has 0 aromatic carbocycles. The van der Waals surface area contributed by atoms with E-state index >= 15 is 0 Å². The lowest BCUT2D eigenvalue weighted by atomic mass is 9.96. The lowest BCUT2D eigenvalue weighted by Crippen LogP contribution is -2.11. The Morgan fingerprint density at radius 2 is 1.70 bits per heavy atom. The fourth-order valence-corrected chi connectivity index (χ4v) is 1.39. The van der Waals surface area contributed by atoms with E-state index in [0.717, 1.165) is 12.3 Å². The fraction of sp³-hybridized carbons (Fsp3) is 0.889. The van der Waals surface area contributed by atoms with Crippen molar-refractivity contribution in [3.8, 4) is 0 Å². The van der Waals surface area contributed by atoms with Gasteiger partial charge in [0.05, 0.1) is 0 Å². The van der Waals surface area contributed by atoms with Crippen LogP contribution in [0.2, 0.25) is 0 Å². The molecule has 10 heavy (non-hydrogen) atoms. The predicted octanol–water partition coefficient (Wildman–Crippen LogP) is 2.90. The Morgan fingerprint density at radius 3 is 1.80 bits per heavy atom. The van der Waals surface area contributed by atoms with E-state index < -0.39 is 0 Å². The van der Waals surface area contributed by atoms with Crippen LogP contribution < -0.4 is 0 Å². The van der Waals surface area contributed by atoms with Crippen LogP contribution in [0.15, 0.2) is 4.99 Å². The summed E-state index contributed by atoms with van der Waals surface area (Å²) in [6, 6.07) is 0. The van der Waals surface area contributed by atoms with Gasteiger partial charge < -0.3 is 0 Å². The van der Waals surface area contributed by atoms with Crippen molar-refractivity contribution in [3.63, 3.8) is 0 Å². The summed E-state index contributed by atoms with van der Waals surface area (Å²) in [5.74, 6) is 0.731. The Bertz CT molecular complexity index is 101. The standard InChI is InChI=1S/C9H19N/c1-5-8(6-2)9(7-3)10-4/h8H,5-7H2,1-4H3. The van der Waals surface area contributed by atoms with E-state index in [2.05, 4.69) is 25.8 Å². The summed E-state index contributed by atoms with van der Waals surface area (Å²) in [6.45, 7) is 6.64. The van der Waals surface area contributed by atoms with Crippen molar-refractivity contribution in [1.29, 1.82) is 0 Å². The summed E-state index contributed by atoms with van der Waals surface area (Å²) in [6.07, 6.45) is 3.58. The lowest BCUT2D eigenvalue weighted by Gasteiger charge is -2.12. The monoisotopic (exact) mass is 141 g/mol. The topological polar surface area (TPSA) is 12.4 Å². The maximum absolute atomic E-state index is 4.27. The molecule has 0 aliphatic carbocycles. The summed E-state index contributed by atoms with van der Waals surface area (Å²) >= 11 is 0. The smallest absolute Gasteiger partial charge is 0.0276 e. The van der Waals surface area contributed by atoms with E-state index in [1.54, 1.807) is 0 Å². The van der Waals surface area contributed by atoms with E-state index in [1.807, 2.05) is 7.05 Å². The predicted molar refractivity (Wildman–Crippen MR) is 47.7 cm³/mol. The highest BCUT2D eigenvalue weighted by molar-refractivity contribution is 5.86. The lowest BCUT2D eigenvalue weighted by molar-refractivity contribution is 0.632. The summed E-state index contributed by atoms with van der Waals surface area (Å²) in [4.78, 5) is 4.27. The molecule has 1 heteroatoms. The molecule has 0 N–H and O–H groups in total. The number of rotatable bonds is 4. The van der Waals surface area contributed by atoms with Crippen LogP contribution in [-0.4, -0.2) is 12.8 Å². The molecule has 60 valence electrons. The molecule has 0 saturated heterocycles. The van der Waals surface area contributed by atoms with E-state index in [4.69, 9.17) is 0 Å². The number of aliphatic imine (C=N–C) groups is 1. The first kappa shape index (κ1) is 9.67. The molecule has 0 heterocycles. The largest absolute Gasteiger partial charge is 0.297 e. The normalized spacial score (nSPS) is 12.7. The van der Waals surface area contributed by atoms with Gasteiger partial charge in [0, 0.05) is 12.8 Å². The van der Waals surface area contributed by atoms with Crippen molar-refractivity contribution < 1.29 is 0 Å². The average molecular weight is 141 g/mol. The summed E-state index contributed by atoms with van der Waals surface area (Å²) in [7, 11) is 1.90. The average Bonchev–Trinajstić information content (AvgIpc) is 2.00. The highest BCUT2D eigenvalue weighted by Crippen LogP contribution is 2.11. The first-order valence-corrected chi connectivity index (χ1v) is 4.25. The molecule has 0 aliphatic heterocycles. The maximum atomic E-state index is 4.27. The van der Waals surface area contributed by atoms with E-state index in [1.165, 1.54) is 18.6 Å². The minimum Gasteiger partial charge on any atom is -0.297 e.